The zero-order valence-corrected chi connectivity index (χ0v) is 7.60. The molecule has 0 saturated heterocycles. The Bertz CT molecular complexity index is 308. The lowest BCUT2D eigenvalue weighted by molar-refractivity contribution is 0.314. The summed E-state index contributed by atoms with van der Waals surface area (Å²) in [4.78, 5) is 8.58. The van der Waals surface area contributed by atoms with Crippen LogP contribution in [0, 0.1) is 0 Å². The Hall–Kier alpha value is -1.38. The zero-order valence-electron chi connectivity index (χ0n) is 7.60. The predicted molar refractivity (Wildman–Crippen MR) is 50.8 cm³/mol. The molecule has 0 spiro atoms. The molecule has 0 unspecified atom stereocenters. The van der Waals surface area contributed by atoms with Gasteiger partial charge in [-0.3, -0.25) is 4.98 Å². The fraction of sp³-hybridized carbons (Fsp3) is 0.400. The van der Waals surface area contributed by atoms with E-state index in [1.807, 2.05) is 18.2 Å². The van der Waals surface area contributed by atoms with Crippen molar-refractivity contribution < 1.29 is 4.74 Å². The number of rotatable bonds is 2. The van der Waals surface area contributed by atoms with E-state index in [2.05, 4.69) is 16.9 Å². The number of hydrogen-bond acceptors (Lipinski definition) is 3. The molecule has 1 atom stereocenters. The maximum absolute atomic E-state index is 5.43. The molecule has 2 rings (SSSR count). The van der Waals surface area contributed by atoms with Crippen molar-refractivity contribution in [2.75, 3.05) is 6.61 Å². The molecule has 0 bridgehead atoms. The number of nitrogens with zero attached hydrogens (tertiary/aromatic N) is 2. The fourth-order valence-corrected chi connectivity index (χ4v) is 1.25. The molecular weight excluding hydrogens is 164 g/mol. The van der Waals surface area contributed by atoms with Gasteiger partial charge in [0.1, 0.15) is 12.3 Å². The van der Waals surface area contributed by atoms with Gasteiger partial charge in [0.15, 0.2) is 0 Å². The molecule has 0 N–H and O–H groups in total. The highest BCUT2D eigenvalue weighted by molar-refractivity contribution is 5.93. The topological polar surface area (TPSA) is 34.5 Å². The maximum atomic E-state index is 5.43. The van der Waals surface area contributed by atoms with E-state index in [1.165, 1.54) is 0 Å². The molecule has 1 aromatic rings. The van der Waals surface area contributed by atoms with Crippen LogP contribution >= 0.6 is 0 Å². The maximum Gasteiger partial charge on any atom is 0.235 e. The van der Waals surface area contributed by atoms with Crippen LogP contribution in [0.15, 0.2) is 29.4 Å². The van der Waals surface area contributed by atoms with Crippen LogP contribution in [-0.2, 0) is 4.74 Å². The van der Waals surface area contributed by atoms with E-state index in [-0.39, 0.29) is 0 Å². The van der Waals surface area contributed by atoms with E-state index in [0.717, 1.165) is 12.1 Å². The lowest BCUT2D eigenvalue weighted by Crippen LogP contribution is -2.04. The minimum Gasteiger partial charge on any atom is -0.474 e. The molecule has 0 aliphatic carbocycles. The second-order valence-corrected chi connectivity index (χ2v) is 3.02. The van der Waals surface area contributed by atoms with Gasteiger partial charge in [-0.15, -0.1) is 0 Å². The minimum atomic E-state index is 0.317. The Morgan fingerprint density at radius 3 is 3.08 bits per heavy atom. The average molecular weight is 176 g/mol. The Kier molecular flexibility index (Phi) is 2.25. The molecule has 3 heteroatoms. The van der Waals surface area contributed by atoms with Crippen LogP contribution in [0.1, 0.15) is 19.0 Å². The van der Waals surface area contributed by atoms with Gasteiger partial charge in [-0.1, -0.05) is 13.0 Å². The third kappa shape index (κ3) is 1.69. The van der Waals surface area contributed by atoms with E-state index >= 15 is 0 Å². The molecule has 0 aromatic carbocycles. The normalized spacial score (nSPS) is 21.0. The Morgan fingerprint density at radius 1 is 1.54 bits per heavy atom. The Labute approximate surface area is 77.5 Å². The first-order valence-electron chi connectivity index (χ1n) is 4.52. The molecule has 0 amide bonds. The molecule has 13 heavy (non-hydrogen) atoms. The quantitative estimate of drug-likeness (QED) is 0.686. The van der Waals surface area contributed by atoms with Gasteiger partial charge in [-0.05, 0) is 18.6 Å². The summed E-state index contributed by atoms with van der Waals surface area (Å²) in [7, 11) is 0. The van der Waals surface area contributed by atoms with Gasteiger partial charge in [-0.25, -0.2) is 4.99 Å². The number of hydrogen-bond donors (Lipinski definition) is 0. The summed E-state index contributed by atoms with van der Waals surface area (Å²) in [5.41, 5.74) is 0.832. The summed E-state index contributed by atoms with van der Waals surface area (Å²) in [5.74, 6) is 0.687. The summed E-state index contributed by atoms with van der Waals surface area (Å²) >= 11 is 0. The van der Waals surface area contributed by atoms with Crippen LogP contribution in [0.3, 0.4) is 0 Å². The van der Waals surface area contributed by atoms with Crippen LogP contribution in [0.25, 0.3) is 0 Å². The molecule has 1 aromatic heterocycles. The average Bonchev–Trinajstić information content (AvgIpc) is 2.67. The molecule has 0 radical (unpaired) electrons. The van der Waals surface area contributed by atoms with Crippen LogP contribution in [0.5, 0.6) is 0 Å². The largest absolute Gasteiger partial charge is 0.474 e. The first-order chi connectivity index (χ1) is 6.40. The van der Waals surface area contributed by atoms with E-state index in [9.17, 15) is 0 Å². The van der Waals surface area contributed by atoms with Gasteiger partial charge in [0.2, 0.25) is 5.90 Å². The molecule has 1 aliphatic heterocycles. The summed E-state index contributed by atoms with van der Waals surface area (Å²) in [6.07, 6.45) is 2.77. The van der Waals surface area contributed by atoms with Crippen molar-refractivity contribution in [2.45, 2.75) is 19.4 Å². The lowest BCUT2D eigenvalue weighted by Gasteiger charge is -1.98. The van der Waals surface area contributed by atoms with Gasteiger partial charge >= 0.3 is 0 Å². The third-order valence-electron chi connectivity index (χ3n) is 2.07. The van der Waals surface area contributed by atoms with Crippen LogP contribution in [0.2, 0.25) is 0 Å². The highest BCUT2D eigenvalue weighted by Gasteiger charge is 2.18. The molecular formula is C10H12N2O. The van der Waals surface area contributed by atoms with Crippen molar-refractivity contribution in [3.63, 3.8) is 0 Å². The minimum absolute atomic E-state index is 0.317. The van der Waals surface area contributed by atoms with Crippen molar-refractivity contribution in [3.8, 4) is 0 Å². The fourth-order valence-electron chi connectivity index (χ4n) is 1.25. The molecule has 2 heterocycles. The van der Waals surface area contributed by atoms with Crippen LogP contribution in [0.4, 0.5) is 0 Å². The first-order valence-corrected chi connectivity index (χ1v) is 4.52. The summed E-state index contributed by atoms with van der Waals surface area (Å²) in [5, 5.41) is 0. The van der Waals surface area contributed by atoms with Gasteiger partial charge in [0, 0.05) is 6.20 Å². The number of ether oxygens (including phenoxy) is 1. The van der Waals surface area contributed by atoms with Crippen molar-refractivity contribution in [1.29, 1.82) is 0 Å². The highest BCUT2D eigenvalue weighted by Crippen LogP contribution is 2.11. The Morgan fingerprint density at radius 2 is 2.46 bits per heavy atom. The van der Waals surface area contributed by atoms with E-state index in [1.54, 1.807) is 6.20 Å². The molecule has 0 saturated carbocycles. The second-order valence-electron chi connectivity index (χ2n) is 3.02. The number of aromatic nitrogens is 1. The van der Waals surface area contributed by atoms with E-state index in [4.69, 9.17) is 4.74 Å². The smallest absolute Gasteiger partial charge is 0.235 e. The van der Waals surface area contributed by atoms with E-state index in [0.29, 0.717) is 18.5 Å². The third-order valence-corrected chi connectivity index (χ3v) is 2.07. The highest BCUT2D eigenvalue weighted by atomic mass is 16.5. The summed E-state index contributed by atoms with van der Waals surface area (Å²) in [6.45, 7) is 2.81. The lowest BCUT2D eigenvalue weighted by atomic mass is 10.3. The predicted octanol–water partition coefficient (Wildman–Crippen LogP) is 1.64. The number of pyridine rings is 1. The molecule has 3 nitrogen and oxygen atoms in total. The van der Waals surface area contributed by atoms with Crippen molar-refractivity contribution in [3.05, 3.63) is 30.1 Å². The first kappa shape index (κ1) is 8.23. The Balaban J connectivity index is 2.19. The van der Waals surface area contributed by atoms with Gasteiger partial charge in [0.25, 0.3) is 0 Å². The summed E-state index contributed by atoms with van der Waals surface area (Å²) in [6, 6.07) is 6.05. The molecule has 0 fully saturated rings. The zero-order chi connectivity index (χ0) is 9.10. The second kappa shape index (κ2) is 3.56. The van der Waals surface area contributed by atoms with E-state index < -0.39 is 0 Å². The monoisotopic (exact) mass is 176 g/mol. The van der Waals surface area contributed by atoms with Crippen molar-refractivity contribution >= 4 is 5.90 Å². The van der Waals surface area contributed by atoms with Gasteiger partial charge in [-0.2, -0.15) is 0 Å². The van der Waals surface area contributed by atoms with Gasteiger partial charge in [0.05, 0.1) is 6.04 Å². The molecule has 68 valence electrons. The standard InChI is InChI=1S/C10H12N2O/c1-2-8-7-13-10(12-8)9-5-3-4-6-11-9/h3-6,8H,2,7H2,1H3/t8-/m1/s1. The van der Waals surface area contributed by atoms with Crippen LogP contribution < -0.4 is 0 Å². The summed E-state index contributed by atoms with van der Waals surface area (Å²) < 4.78 is 5.43. The SMILES string of the molecule is CC[C@@H]1COC(c2ccccn2)=N1. The van der Waals surface area contributed by atoms with Crippen molar-refractivity contribution in [1.82, 2.24) is 4.98 Å². The molecule has 1 aliphatic rings. The number of aliphatic imine (C=N–C) groups is 1. The van der Waals surface area contributed by atoms with Crippen molar-refractivity contribution in [2.24, 2.45) is 4.99 Å². The van der Waals surface area contributed by atoms with Crippen LogP contribution in [-0.4, -0.2) is 23.5 Å². The van der Waals surface area contributed by atoms with Gasteiger partial charge < -0.3 is 4.74 Å².